The summed E-state index contributed by atoms with van der Waals surface area (Å²) in [6, 6.07) is 17.2. The van der Waals surface area contributed by atoms with E-state index >= 15 is 0 Å². The number of aromatic nitrogens is 1. The minimum atomic E-state index is -3.62. The summed E-state index contributed by atoms with van der Waals surface area (Å²) in [6.07, 6.45) is 3.57. The lowest BCUT2D eigenvalue weighted by Crippen LogP contribution is -2.25. The molecule has 0 radical (unpaired) electrons. The minimum absolute atomic E-state index is 0.0446. The molecule has 3 heterocycles. The molecule has 0 spiro atoms. The summed E-state index contributed by atoms with van der Waals surface area (Å²) in [7, 11) is -2.15. The van der Waals surface area contributed by atoms with Gasteiger partial charge in [-0.25, -0.2) is 13.2 Å². The predicted molar refractivity (Wildman–Crippen MR) is 124 cm³/mol. The van der Waals surface area contributed by atoms with Crippen LogP contribution in [-0.4, -0.2) is 32.4 Å². The molecule has 0 bridgehead atoms. The van der Waals surface area contributed by atoms with Crippen molar-refractivity contribution in [3.8, 4) is 11.8 Å². The van der Waals surface area contributed by atoms with Crippen molar-refractivity contribution in [1.29, 1.82) is 5.26 Å². The van der Waals surface area contributed by atoms with Crippen molar-refractivity contribution in [2.45, 2.75) is 10.8 Å². The summed E-state index contributed by atoms with van der Waals surface area (Å²) in [5.41, 5.74) is 2.27. The van der Waals surface area contributed by atoms with Crippen molar-refractivity contribution in [2.24, 2.45) is 0 Å². The number of hydrogen-bond donors (Lipinski definition) is 0. The third kappa shape index (κ3) is 4.69. The Morgan fingerprint density at radius 1 is 1.15 bits per heavy atom. The highest BCUT2D eigenvalue weighted by Gasteiger charge is 2.22. The van der Waals surface area contributed by atoms with Crippen molar-refractivity contribution in [1.82, 2.24) is 4.40 Å². The molecule has 168 valence electrons. The van der Waals surface area contributed by atoms with Crippen molar-refractivity contribution in [2.75, 3.05) is 18.0 Å². The van der Waals surface area contributed by atoms with Crippen LogP contribution in [0.3, 0.4) is 0 Å². The van der Waals surface area contributed by atoms with Gasteiger partial charge < -0.3 is 13.9 Å². The molecule has 0 unspecified atom stereocenters. The summed E-state index contributed by atoms with van der Waals surface area (Å²) in [4.78, 5) is 12.1. The fourth-order valence-corrected chi connectivity index (χ4v) is 5.55. The molecule has 0 aliphatic rings. The van der Waals surface area contributed by atoms with E-state index in [-0.39, 0.29) is 17.4 Å². The number of carbonyl (C=O) groups is 1. The van der Waals surface area contributed by atoms with Crippen LogP contribution < -0.4 is 9.04 Å². The van der Waals surface area contributed by atoms with Gasteiger partial charge in [0.25, 0.3) is 10.0 Å². The van der Waals surface area contributed by atoms with E-state index in [1.165, 1.54) is 11.4 Å². The van der Waals surface area contributed by atoms with Crippen LogP contribution in [0, 0.1) is 11.3 Å². The first-order valence-electron chi connectivity index (χ1n) is 9.80. The van der Waals surface area contributed by atoms with E-state index in [4.69, 9.17) is 9.47 Å². The molecule has 8 nitrogen and oxygen atoms in total. The molecule has 0 aliphatic carbocycles. The van der Waals surface area contributed by atoms with Gasteiger partial charge in [-0.15, -0.1) is 11.3 Å². The van der Waals surface area contributed by atoms with Gasteiger partial charge in [0.1, 0.15) is 22.6 Å². The number of rotatable bonds is 8. The lowest BCUT2D eigenvalue weighted by molar-refractivity contribution is -0.147. The lowest BCUT2D eigenvalue weighted by Gasteiger charge is -2.18. The molecule has 10 heteroatoms. The fraction of sp³-hybridized carbons (Fsp3) is 0.130. The zero-order valence-corrected chi connectivity index (χ0v) is 19.2. The summed E-state index contributed by atoms with van der Waals surface area (Å²) in [5.74, 6) is -0.194. The molecule has 1 aromatic carbocycles. The van der Waals surface area contributed by atoms with E-state index < -0.39 is 16.0 Å². The molecule has 0 fully saturated rings. The van der Waals surface area contributed by atoms with E-state index in [2.05, 4.69) is 6.07 Å². The first-order chi connectivity index (χ1) is 15.9. The number of sulfonamides is 1. The number of nitrogens with zero attached hydrogens (tertiary/aromatic N) is 3. The first kappa shape index (κ1) is 22.4. The van der Waals surface area contributed by atoms with Gasteiger partial charge in [0, 0.05) is 25.0 Å². The molecular weight excluding hydrogens is 462 g/mol. The van der Waals surface area contributed by atoms with Crippen LogP contribution in [0.2, 0.25) is 0 Å². The van der Waals surface area contributed by atoms with E-state index in [0.29, 0.717) is 22.6 Å². The Labute approximate surface area is 194 Å². The Morgan fingerprint density at radius 3 is 2.64 bits per heavy atom. The third-order valence-electron chi connectivity index (χ3n) is 4.93. The van der Waals surface area contributed by atoms with Crippen LogP contribution in [0.15, 0.2) is 76.6 Å². The van der Waals surface area contributed by atoms with Gasteiger partial charge in [0.2, 0.25) is 0 Å². The number of thiophene rings is 1. The zero-order chi connectivity index (χ0) is 23.4. The highest BCUT2D eigenvalue weighted by atomic mass is 32.2. The molecule has 0 saturated carbocycles. The van der Waals surface area contributed by atoms with E-state index in [1.807, 2.05) is 24.4 Å². The topological polar surface area (TPSA) is 101 Å². The highest BCUT2D eigenvalue weighted by Crippen LogP contribution is 2.26. The van der Waals surface area contributed by atoms with Crippen LogP contribution in [0.5, 0.6) is 5.75 Å². The normalized spacial score (nSPS) is 11.2. The second-order valence-electron chi connectivity index (χ2n) is 6.98. The molecule has 3 aromatic heterocycles. The van der Waals surface area contributed by atoms with Crippen molar-refractivity contribution in [3.63, 3.8) is 0 Å². The van der Waals surface area contributed by atoms with Gasteiger partial charge in [-0.05, 0) is 47.8 Å². The van der Waals surface area contributed by atoms with Gasteiger partial charge in [-0.1, -0.05) is 12.1 Å². The quantitative estimate of drug-likeness (QED) is 0.355. The number of hydrogen-bond acceptors (Lipinski definition) is 7. The molecular formula is C23H19N3O5S2. The molecule has 0 aliphatic heterocycles. The molecule has 0 atom stereocenters. The molecule has 33 heavy (non-hydrogen) atoms. The number of carbonyl (C=O) groups excluding carboxylic acids is 1. The van der Waals surface area contributed by atoms with Crippen LogP contribution in [0.4, 0.5) is 5.69 Å². The van der Waals surface area contributed by atoms with E-state index in [9.17, 15) is 18.5 Å². The number of anilines is 1. The van der Waals surface area contributed by atoms with Crippen LogP contribution >= 0.6 is 11.3 Å². The summed E-state index contributed by atoms with van der Waals surface area (Å²) in [5, 5.41) is 11.1. The fourth-order valence-electron chi connectivity index (χ4n) is 3.19. The smallest absolute Gasteiger partial charge is 0.344 e. The largest absolute Gasteiger partial charge is 0.482 e. The van der Waals surface area contributed by atoms with Gasteiger partial charge in [0.15, 0.2) is 6.61 Å². The number of benzene rings is 1. The lowest BCUT2D eigenvalue weighted by atomic mass is 10.2. The van der Waals surface area contributed by atoms with Crippen molar-refractivity contribution >= 4 is 38.5 Å². The number of fused-ring (bicyclic) bond motifs is 1. The Balaban J connectivity index is 1.33. The molecule has 0 saturated heterocycles. The van der Waals surface area contributed by atoms with Crippen molar-refractivity contribution in [3.05, 3.63) is 83.5 Å². The second kappa shape index (κ2) is 9.36. The van der Waals surface area contributed by atoms with Crippen molar-refractivity contribution < 1.29 is 22.7 Å². The average molecular weight is 482 g/mol. The van der Waals surface area contributed by atoms with Gasteiger partial charge in [0.05, 0.1) is 16.8 Å². The minimum Gasteiger partial charge on any atom is -0.482 e. The maximum atomic E-state index is 12.6. The average Bonchev–Trinajstić information content (AvgIpc) is 3.49. The Morgan fingerprint density at radius 2 is 1.94 bits per heavy atom. The standard InChI is InChI=1S/C23H19N3O5S2/c1-25(33(28,29)23-6-4-12-32-23)18-7-9-19(10-8-18)30-16-22(27)31-15-17-14-26-11-3-2-5-21(26)20(17)13-24/h2-12,14H,15-16H2,1H3. The zero-order valence-electron chi connectivity index (χ0n) is 17.5. The Kier molecular flexibility index (Phi) is 6.35. The Hall–Kier alpha value is -3.81. The van der Waals surface area contributed by atoms with Crippen LogP contribution in [0.25, 0.3) is 5.52 Å². The Bertz CT molecular complexity index is 1420. The van der Waals surface area contributed by atoms with Gasteiger partial charge >= 0.3 is 5.97 Å². The van der Waals surface area contributed by atoms with Gasteiger partial charge in [-0.2, -0.15) is 5.26 Å². The highest BCUT2D eigenvalue weighted by molar-refractivity contribution is 7.94. The molecule has 0 amide bonds. The SMILES string of the molecule is CN(c1ccc(OCC(=O)OCc2cn3ccccc3c2C#N)cc1)S(=O)(=O)c1cccs1. The number of pyridine rings is 1. The molecule has 4 aromatic rings. The van der Waals surface area contributed by atoms with E-state index in [0.717, 1.165) is 16.9 Å². The molecule has 0 N–H and O–H groups in total. The number of ether oxygens (including phenoxy) is 2. The number of nitriles is 1. The maximum Gasteiger partial charge on any atom is 0.344 e. The number of esters is 1. The maximum absolute atomic E-state index is 12.6. The van der Waals surface area contributed by atoms with Crippen LogP contribution in [0.1, 0.15) is 11.1 Å². The first-order valence-corrected chi connectivity index (χ1v) is 12.1. The summed E-state index contributed by atoms with van der Waals surface area (Å²) >= 11 is 1.15. The van der Waals surface area contributed by atoms with Crippen LogP contribution in [-0.2, 0) is 26.2 Å². The third-order valence-corrected chi connectivity index (χ3v) is 8.09. The van der Waals surface area contributed by atoms with E-state index in [1.54, 1.807) is 52.4 Å². The summed E-state index contributed by atoms with van der Waals surface area (Å²) in [6.45, 7) is -0.366. The summed E-state index contributed by atoms with van der Waals surface area (Å²) < 4.78 is 39.2. The predicted octanol–water partition coefficient (Wildman–Crippen LogP) is 3.82. The van der Waals surface area contributed by atoms with Gasteiger partial charge in [-0.3, -0.25) is 4.31 Å². The second-order valence-corrected chi connectivity index (χ2v) is 10.1. The molecule has 4 rings (SSSR count). The monoisotopic (exact) mass is 481 g/mol.